The van der Waals surface area contributed by atoms with Crippen LogP contribution in [0.3, 0.4) is 0 Å². The number of rotatable bonds is 4. The minimum Gasteiger partial charge on any atom is -0.349 e. The summed E-state index contributed by atoms with van der Waals surface area (Å²) >= 11 is 12.1. The summed E-state index contributed by atoms with van der Waals surface area (Å²) in [4.78, 5) is 20.4. The molecule has 0 N–H and O–H groups in total. The van der Waals surface area contributed by atoms with E-state index in [-0.39, 0.29) is 11.8 Å². The first-order valence-electron chi connectivity index (χ1n) is 8.15. The Morgan fingerprint density at radius 2 is 2.20 bits per heavy atom. The van der Waals surface area contributed by atoms with E-state index in [4.69, 9.17) is 27.7 Å². The number of hydrogen-bond acceptors (Lipinski definition) is 5. The second kappa shape index (κ2) is 7.72. The summed E-state index contributed by atoms with van der Waals surface area (Å²) in [7, 11) is 3.59. The predicted molar refractivity (Wildman–Crippen MR) is 96.4 cm³/mol. The maximum absolute atomic E-state index is 12.2. The van der Waals surface area contributed by atoms with Gasteiger partial charge < -0.3 is 9.42 Å². The molecule has 1 amide bonds. The van der Waals surface area contributed by atoms with E-state index in [0.717, 1.165) is 19.4 Å². The lowest BCUT2D eigenvalue weighted by Gasteiger charge is -2.32. The molecule has 0 bridgehead atoms. The monoisotopic (exact) mass is 382 g/mol. The van der Waals surface area contributed by atoms with Crippen molar-refractivity contribution in [2.75, 3.05) is 27.2 Å². The molecule has 1 fully saturated rings. The Balaban J connectivity index is 1.68. The minimum absolute atomic E-state index is 0.0249. The highest BCUT2D eigenvalue weighted by molar-refractivity contribution is 6.36. The third kappa shape index (κ3) is 4.32. The van der Waals surface area contributed by atoms with Crippen LogP contribution in [0.1, 0.15) is 18.7 Å². The number of carbonyl (C=O) groups is 1. The third-order valence-electron chi connectivity index (χ3n) is 4.29. The highest BCUT2D eigenvalue weighted by Gasteiger charge is 2.27. The average molecular weight is 383 g/mol. The van der Waals surface area contributed by atoms with E-state index in [1.54, 1.807) is 37.2 Å². The topological polar surface area (TPSA) is 62.5 Å². The SMILES string of the molecule is CN(C)C(=O)C1CCCN(Cc2nc(-c3ccc(Cl)cc3Cl)no2)C1. The van der Waals surface area contributed by atoms with Gasteiger partial charge in [0.25, 0.3) is 0 Å². The summed E-state index contributed by atoms with van der Waals surface area (Å²) in [5, 5.41) is 5.05. The lowest BCUT2D eigenvalue weighted by molar-refractivity contribution is -0.134. The van der Waals surface area contributed by atoms with Crippen LogP contribution >= 0.6 is 23.2 Å². The van der Waals surface area contributed by atoms with E-state index in [2.05, 4.69) is 15.0 Å². The van der Waals surface area contributed by atoms with Crippen LogP contribution in [0.25, 0.3) is 11.4 Å². The largest absolute Gasteiger partial charge is 0.349 e. The molecular formula is C17H20Cl2N4O2. The molecule has 0 spiro atoms. The Hall–Kier alpha value is -1.63. The number of carbonyl (C=O) groups excluding carboxylic acids is 1. The average Bonchev–Trinajstić information content (AvgIpc) is 3.02. The Bertz CT molecular complexity index is 763. The zero-order chi connectivity index (χ0) is 18.0. The van der Waals surface area contributed by atoms with Gasteiger partial charge in [0.1, 0.15) is 0 Å². The van der Waals surface area contributed by atoms with Gasteiger partial charge in [-0.15, -0.1) is 0 Å². The molecule has 0 aliphatic carbocycles. The predicted octanol–water partition coefficient (Wildman–Crippen LogP) is 3.34. The van der Waals surface area contributed by atoms with Crippen molar-refractivity contribution < 1.29 is 9.32 Å². The van der Waals surface area contributed by atoms with Crippen molar-refractivity contribution in [3.05, 3.63) is 34.1 Å². The van der Waals surface area contributed by atoms with E-state index >= 15 is 0 Å². The lowest BCUT2D eigenvalue weighted by atomic mass is 9.97. The highest BCUT2D eigenvalue weighted by atomic mass is 35.5. The normalized spacial score (nSPS) is 18.3. The van der Waals surface area contributed by atoms with Crippen LogP contribution in [0.15, 0.2) is 22.7 Å². The van der Waals surface area contributed by atoms with Gasteiger partial charge >= 0.3 is 0 Å². The van der Waals surface area contributed by atoms with Crippen molar-refractivity contribution >= 4 is 29.1 Å². The van der Waals surface area contributed by atoms with Crippen LogP contribution in [-0.4, -0.2) is 53.0 Å². The van der Waals surface area contributed by atoms with E-state index < -0.39 is 0 Å². The molecule has 0 saturated carbocycles. The van der Waals surface area contributed by atoms with Gasteiger partial charge in [0.2, 0.25) is 17.6 Å². The number of hydrogen-bond donors (Lipinski definition) is 0. The van der Waals surface area contributed by atoms with Crippen LogP contribution in [-0.2, 0) is 11.3 Å². The molecule has 1 saturated heterocycles. The molecule has 2 heterocycles. The maximum atomic E-state index is 12.2. The van der Waals surface area contributed by atoms with Gasteiger partial charge in [-0.05, 0) is 37.6 Å². The highest BCUT2D eigenvalue weighted by Crippen LogP contribution is 2.28. The van der Waals surface area contributed by atoms with E-state index in [9.17, 15) is 4.79 Å². The number of amides is 1. The van der Waals surface area contributed by atoms with Crippen molar-refractivity contribution in [2.24, 2.45) is 5.92 Å². The number of nitrogens with zero attached hydrogens (tertiary/aromatic N) is 4. The molecule has 2 aromatic rings. The summed E-state index contributed by atoms with van der Waals surface area (Å²) in [6, 6.07) is 5.16. The summed E-state index contributed by atoms with van der Waals surface area (Å²) in [6.07, 6.45) is 1.90. The third-order valence-corrected chi connectivity index (χ3v) is 4.84. The molecule has 1 aliphatic heterocycles. The van der Waals surface area contributed by atoms with Crippen molar-refractivity contribution in [1.82, 2.24) is 19.9 Å². The molecule has 1 atom stereocenters. The first kappa shape index (κ1) is 18.2. The molecule has 25 heavy (non-hydrogen) atoms. The maximum Gasteiger partial charge on any atom is 0.241 e. The minimum atomic E-state index is 0.0249. The van der Waals surface area contributed by atoms with Gasteiger partial charge in [-0.2, -0.15) is 4.98 Å². The molecule has 134 valence electrons. The quantitative estimate of drug-likeness (QED) is 0.811. The van der Waals surface area contributed by atoms with Crippen molar-refractivity contribution in [3.63, 3.8) is 0 Å². The van der Waals surface area contributed by atoms with Crippen LogP contribution in [0.2, 0.25) is 10.0 Å². The summed E-state index contributed by atoms with van der Waals surface area (Å²) < 4.78 is 5.36. The Morgan fingerprint density at radius 3 is 2.92 bits per heavy atom. The smallest absolute Gasteiger partial charge is 0.241 e. The van der Waals surface area contributed by atoms with Gasteiger partial charge in [-0.3, -0.25) is 9.69 Å². The number of halogens is 2. The fraction of sp³-hybridized carbons (Fsp3) is 0.471. The summed E-state index contributed by atoms with van der Waals surface area (Å²) in [5.74, 6) is 1.15. The van der Waals surface area contributed by atoms with E-state index in [1.165, 1.54) is 0 Å². The fourth-order valence-corrected chi connectivity index (χ4v) is 3.55. The van der Waals surface area contributed by atoms with E-state index in [1.807, 2.05) is 0 Å². The molecule has 1 aromatic carbocycles. The molecule has 1 unspecified atom stereocenters. The molecular weight excluding hydrogens is 363 g/mol. The van der Waals surface area contributed by atoms with Crippen LogP contribution in [0.5, 0.6) is 0 Å². The lowest BCUT2D eigenvalue weighted by Crippen LogP contribution is -2.42. The molecule has 1 aliphatic rings. The van der Waals surface area contributed by atoms with Gasteiger partial charge in [-0.1, -0.05) is 28.4 Å². The number of piperidine rings is 1. The van der Waals surface area contributed by atoms with Crippen LogP contribution in [0, 0.1) is 5.92 Å². The van der Waals surface area contributed by atoms with Crippen molar-refractivity contribution in [3.8, 4) is 11.4 Å². The number of aromatic nitrogens is 2. The second-order valence-electron chi connectivity index (χ2n) is 6.44. The number of benzene rings is 1. The zero-order valence-corrected chi connectivity index (χ0v) is 15.7. The molecule has 0 radical (unpaired) electrons. The number of likely N-dealkylation sites (tertiary alicyclic amines) is 1. The van der Waals surface area contributed by atoms with Crippen LogP contribution < -0.4 is 0 Å². The summed E-state index contributed by atoms with van der Waals surface area (Å²) in [5.41, 5.74) is 0.681. The Kier molecular flexibility index (Phi) is 5.61. The standard InChI is InChI=1S/C17H20Cl2N4O2/c1-22(2)17(24)11-4-3-7-23(9-11)10-15-20-16(21-25-15)13-6-5-12(18)8-14(13)19/h5-6,8,11H,3-4,7,9-10H2,1-2H3. The van der Waals surface area contributed by atoms with Gasteiger partial charge in [0.05, 0.1) is 17.5 Å². The fourth-order valence-electron chi connectivity index (χ4n) is 3.06. The van der Waals surface area contributed by atoms with Gasteiger partial charge in [0.15, 0.2) is 0 Å². The summed E-state index contributed by atoms with van der Waals surface area (Å²) in [6.45, 7) is 2.14. The molecule has 3 rings (SSSR count). The van der Waals surface area contributed by atoms with Crippen LogP contribution in [0.4, 0.5) is 0 Å². The molecule has 8 heteroatoms. The van der Waals surface area contributed by atoms with Crippen molar-refractivity contribution in [2.45, 2.75) is 19.4 Å². The first-order chi connectivity index (χ1) is 11.9. The Morgan fingerprint density at radius 1 is 1.40 bits per heavy atom. The van der Waals surface area contributed by atoms with Gasteiger partial charge in [-0.25, -0.2) is 0 Å². The van der Waals surface area contributed by atoms with Gasteiger partial charge in [0, 0.05) is 31.2 Å². The second-order valence-corrected chi connectivity index (χ2v) is 7.29. The molecule has 1 aromatic heterocycles. The zero-order valence-electron chi connectivity index (χ0n) is 14.2. The first-order valence-corrected chi connectivity index (χ1v) is 8.91. The molecule has 6 nitrogen and oxygen atoms in total. The Labute approximate surface area is 156 Å². The van der Waals surface area contributed by atoms with Crippen molar-refractivity contribution in [1.29, 1.82) is 0 Å². The van der Waals surface area contributed by atoms with E-state index in [0.29, 0.717) is 40.4 Å².